The SMILES string of the molecule is CN(C)/N=C1/C[C@H]2C=C[C@H]1C2. The van der Waals surface area contributed by atoms with Crippen LogP contribution in [0, 0.1) is 11.8 Å². The zero-order valence-corrected chi connectivity index (χ0v) is 7.12. The lowest BCUT2D eigenvalue weighted by molar-refractivity contribution is 0.434. The highest BCUT2D eigenvalue weighted by Gasteiger charge is 2.32. The van der Waals surface area contributed by atoms with Crippen molar-refractivity contribution in [2.45, 2.75) is 12.8 Å². The second-order valence-electron chi connectivity index (χ2n) is 3.63. The minimum absolute atomic E-state index is 0.669. The number of fused-ring (bicyclic) bond motifs is 2. The van der Waals surface area contributed by atoms with Crippen LogP contribution in [-0.2, 0) is 0 Å². The van der Waals surface area contributed by atoms with Gasteiger partial charge in [0, 0.05) is 25.7 Å². The van der Waals surface area contributed by atoms with Gasteiger partial charge in [-0.1, -0.05) is 12.2 Å². The van der Waals surface area contributed by atoms with E-state index in [1.165, 1.54) is 18.6 Å². The Morgan fingerprint density at radius 1 is 1.45 bits per heavy atom. The van der Waals surface area contributed by atoms with E-state index in [0.717, 1.165) is 5.92 Å². The van der Waals surface area contributed by atoms with Gasteiger partial charge in [0.2, 0.25) is 0 Å². The first-order chi connectivity index (χ1) is 5.25. The highest BCUT2D eigenvalue weighted by Crippen LogP contribution is 2.36. The van der Waals surface area contributed by atoms with Gasteiger partial charge in [-0.15, -0.1) is 0 Å². The van der Waals surface area contributed by atoms with E-state index in [2.05, 4.69) is 17.3 Å². The molecule has 0 unspecified atom stereocenters. The summed E-state index contributed by atoms with van der Waals surface area (Å²) < 4.78 is 0. The van der Waals surface area contributed by atoms with Crippen molar-refractivity contribution in [3.63, 3.8) is 0 Å². The van der Waals surface area contributed by atoms with Crippen LogP contribution >= 0.6 is 0 Å². The van der Waals surface area contributed by atoms with Crippen molar-refractivity contribution >= 4 is 5.71 Å². The lowest BCUT2D eigenvalue weighted by Gasteiger charge is -2.10. The van der Waals surface area contributed by atoms with Crippen LogP contribution in [0.5, 0.6) is 0 Å². The maximum atomic E-state index is 4.46. The molecule has 0 aromatic rings. The van der Waals surface area contributed by atoms with E-state index < -0.39 is 0 Å². The molecule has 11 heavy (non-hydrogen) atoms. The largest absolute Gasteiger partial charge is 0.303 e. The smallest absolute Gasteiger partial charge is 0.0455 e. The monoisotopic (exact) mass is 150 g/mol. The molecule has 0 saturated heterocycles. The highest BCUT2D eigenvalue weighted by atomic mass is 15.4. The van der Waals surface area contributed by atoms with E-state index >= 15 is 0 Å². The first-order valence-electron chi connectivity index (χ1n) is 4.19. The number of hydrogen-bond donors (Lipinski definition) is 0. The summed E-state index contributed by atoms with van der Waals surface area (Å²) in [6, 6.07) is 0. The molecule has 2 heteroatoms. The molecule has 2 atom stereocenters. The molecular weight excluding hydrogens is 136 g/mol. The van der Waals surface area contributed by atoms with Crippen molar-refractivity contribution in [2.24, 2.45) is 16.9 Å². The molecule has 2 nitrogen and oxygen atoms in total. The van der Waals surface area contributed by atoms with Crippen LogP contribution in [0.25, 0.3) is 0 Å². The molecule has 2 bridgehead atoms. The second-order valence-corrected chi connectivity index (χ2v) is 3.63. The minimum Gasteiger partial charge on any atom is -0.303 e. The fourth-order valence-electron chi connectivity index (χ4n) is 1.96. The molecule has 0 aliphatic heterocycles. The van der Waals surface area contributed by atoms with E-state index in [9.17, 15) is 0 Å². The van der Waals surface area contributed by atoms with E-state index in [1.54, 1.807) is 0 Å². The first-order valence-corrected chi connectivity index (χ1v) is 4.19. The van der Waals surface area contributed by atoms with Crippen molar-refractivity contribution in [3.05, 3.63) is 12.2 Å². The van der Waals surface area contributed by atoms with Crippen LogP contribution < -0.4 is 0 Å². The van der Waals surface area contributed by atoms with Crippen molar-refractivity contribution in [2.75, 3.05) is 14.1 Å². The number of nitrogens with zero attached hydrogens (tertiary/aromatic N) is 2. The fourth-order valence-corrected chi connectivity index (χ4v) is 1.96. The van der Waals surface area contributed by atoms with Crippen molar-refractivity contribution < 1.29 is 0 Å². The van der Waals surface area contributed by atoms with E-state index in [0.29, 0.717) is 5.92 Å². The van der Waals surface area contributed by atoms with Gasteiger partial charge in [-0.05, 0) is 18.8 Å². The third-order valence-electron chi connectivity index (χ3n) is 2.40. The Balaban J connectivity index is 2.14. The topological polar surface area (TPSA) is 15.6 Å². The molecule has 1 fully saturated rings. The number of allylic oxidation sites excluding steroid dienone is 2. The van der Waals surface area contributed by atoms with Gasteiger partial charge in [-0.3, -0.25) is 0 Å². The van der Waals surface area contributed by atoms with E-state index in [4.69, 9.17) is 0 Å². The van der Waals surface area contributed by atoms with E-state index in [1.807, 2.05) is 19.1 Å². The molecule has 0 aromatic carbocycles. The molecule has 0 amide bonds. The zero-order chi connectivity index (χ0) is 7.84. The summed E-state index contributed by atoms with van der Waals surface area (Å²) in [4.78, 5) is 0. The van der Waals surface area contributed by atoms with Crippen molar-refractivity contribution in [1.82, 2.24) is 5.01 Å². The summed E-state index contributed by atoms with van der Waals surface area (Å²) in [5.74, 6) is 1.47. The summed E-state index contributed by atoms with van der Waals surface area (Å²) in [7, 11) is 3.98. The van der Waals surface area contributed by atoms with Crippen LogP contribution in [0.15, 0.2) is 17.3 Å². The molecule has 1 saturated carbocycles. The molecular formula is C9H14N2. The van der Waals surface area contributed by atoms with Gasteiger partial charge in [0.1, 0.15) is 0 Å². The maximum Gasteiger partial charge on any atom is 0.0455 e. The van der Waals surface area contributed by atoms with Crippen molar-refractivity contribution in [3.8, 4) is 0 Å². The Labute approximate surface area is 67.6 Å². The number of hydrazone groups is 1. The third kappa shape index (κ3) is 1.17. The van der Waals surface area contributed by atoms with Crippen LogP contribution in [-0.4, -0.2) is 24.8 Å². The Hall–Kier alpha value is -0.790. The van der Waals surface area contributed by atoms with Gasteiger partial charge in [-0.25, -0.2) is 0 Å². The standard InChI is InChI=1S/C9H14N2/c1-11(2)10-9-6-7-3-4-8(9)5-7/h3-4,7-8H,5-6H2,1-2H3/b10-9-/t7-,8-/m0/s1. The van der Waals surface area contributed by atoms with Gasteiger partial charge in [0.15, 0.2) is 0 Å². The molecule has 0 spiro atoms. The zero-order valence-electron chi connectivity index (χ0n) is 7.12. The molecule has 2 rings (SSSR count). The lowest BCUT2D eigenvalue weighted by atomic mass is 10.1. The predicted molar refractivity (Wildman–Crippen MR) is 46.5 cm³/mol. The Kier molecular flexibility index (Phi) is 1.48. The van der Waals surface area contributed by atoms with Gasteiger partial charge >= 0.3 is 0 Å². The predicted octanol–water partition coefficient (Wildman–Crippen LogP) is 1.50. The molecule has 0 radical (unpaired) electrons. The highest BCUT2D eigenvalue weighted by molar-refractivity contribution is 5.91. The summed E-state index contributed by atoms with van der Waals surface area (Å²) in [5.41, 5.74) is 1.38. The van der Waals surface area contributed by atoms with Gasteiger partial charge in [-0.2, -0.15) is 5.10 Å². The molecule has 2 aliphatic rings. The van der Waals surface area contributed by atoms with Crippen LogP contribution in [0.3, 0.4) is 0 Å². The first kappa shape index (κ1) is 6.89. The summed E-state index contributed by atoms with van der Waals surface area (Å²) in [6.07, 6.45) is 7.14. The molecule has 0 aromatic heterocycles. The molecule has 60 valence electrons. The summed E-state index contributed by atoms with van der Waals surface area (Å²) in [6.45, 7) is 0. The Bertz CT molecular complexity index is 216. The van der Waals surface area contributed by atoms with Gasteiger partial charge < -0.3 is 5.01 Å². The normalized spacial score (nSPS) is 37.1. The van der Waals surface area contributed by atoms with Crippen LogP contribution in [0.1, 0.15) is 12.8 Å². The lowest BCUT2D eigenvalue weighted by Crippen LogP contribution is -2.12. The van der Waals surface area contributed by atoms with E-state index in [-0.39, 0.29) is 0 Å². The Morgan fingerprint density at radius 2 is 2.27 bits per heavy atom. The third-order valence-corrected chi connectivity index (χ3v) is 2.40. The Morgan fingerprint density at radius 3 is 2.73 bits per heavy atom. The maximum absolute atomic E-state index is 4.46. The minimum atomic E-state index is 0.669. The fraction of sp³-hybridized carbons (Fsp3) is 0.667. The average molecular weight is 150 g/mol. The molecule has 0 N–H and O–H groups in total. The van der Waals surface area contributed by atoms with Crippen molar-refractivity contribution in [1.29, 1.82) is 0 Å². The summed E-state index contributed by atoms with van der Waals surface area (Å²) in [5, 5.41) is 6.36. The summed E-state index contributed by atoms with van der Waals surface area (Å²) >= 11 is 0. The molecule has 2 aliphatic carbocycles. The molecule has 0 heterocycles. The second kappa shape index (κ2) is 2.36. The van der Waals surface area contributed by atoms with Crippen LogP contribution in [0.4, 0.5) is 0 Å². The quantitative estimate of drug-likeness (QED) is 0.408. The average Bonchev–Trinajstić information content (AvgIpc) is 2.45. The number of rotatable bonds is 1. The number of hydrogen-bond acceptors (Lipinski definition) is 2. The van der Waals surface area contributed by atoms with Gasteiger partial charge in [0.25, 0.3) is 0 Å². The van der Waals surface area contributed by atoms with Crippen LogP contribution in [0.2, 0.25) is 0 Å². The van der Waals surface area contributed by atoms with Gasteiger partial charge in [0.05, 0.1) is 0 Å².